The number of hydrogen-bond acceptors (Lipinski definition) is 2. The summed E-state index contributed by atoms with van der Waals surface area (Å²) < 4.78 is 5.85. The van der Waals surface area contributed by atoms with Gasteiger partial charge in [-0.3, -0.25) is 0 Å². The summed E-state index contributed by atoms with van der Waals surface area (Å²) in [4.78, 5) is 0. The second-order valence-electron chi connectivity index (χ2n) is 4.10. The molecule has 1 aromatic rings. The third kappa shape index (κ3) is 2.44. The second kappa shape index (κ2) is 4.42. The predicted octanol–water partition coefficient (Wildman–Crippen LogP) is 2.70. The zero-order valence-electron chi connectivity index (χ0n) is 9.14. The molecule has 0 aromatic heterocycles. The topological polar surface area (TPSA) is 21.3 Å². The molecule has 2 nitrogen and oxygen atoms in total. The van der Waals surface area contributed by atoms with Crippen LogP contribution in [0.4, 0.5) is 0 Å². The van der Waals surface area contributed by atoms with Crippen molar-refractivity contribution in [2.75, 3.05) is 13.1 Å². The molecule has 1 fully saturated rings. The largest absolute Gasteiger partial charge is 0.487 e. The van der Waals surface area contributed by atoms with E-state index in [0.29, 0.717) is 5.02 Å². The highest BCUT2D eigenvalue weighted by Gasteiger charge is 2.17. The van der Waals surface area contributed by atoms with Crippen LogP contribution in [0.2, 0.25) is 5.02 Å². The van der Waals surface area contributed by atoms with E-state index in [1.165, 1.54) is 11.1 Å². The predicted molar refractivity (Wildman–Crippen MR) is 62.8 cm³/mol. The van der Waals surface area contributed by atoms with Gasteiger partial charge in [-0.2, -0.15) is 0 Å². The summed E-state index contributed by atoms with van der Waals surface area (Å²) in [6, 6.07) is 3.99. The van der Waals surface area contributed by atoms with Crippen molar-refractivity contribution in [3.8, 4) is 5.75 Å². The fourth-order valence-electron chi connectivity index (χ4n) is 1.75. The number of rotatable bonds is 2. The van der Waals surface area contributed by atoms with Crippen LogP contribution < -0.4 is 10.1 Å². The zero-order valence-corrected chi connectivity index (χ0v) is 9.90. The SMILES string of the molecule is Cc1cc(Cl)c(OC2CCNC2)cc1C. The van der Waals surface area contributed by atoms with Crippen molar-refractivity contribution in [2.45, 2.75) is 26.4 Å². The summed E-state index contributed by atoms with van der Waals surface area (Å²) in [5, 5.41) is 3.98. The van der Waals surface area contributed by atoms with Gasteiger partial charge in [0.05, 0.1) is 5.02 Å². The molecule has 0 saturated carbocycles. The highest BCUT2D eigenvalue weighted by atomic mass is 35.5. The molecule has 0 spiro atoms. The molecule has 1 atom stereocenters. The van der Waals surface area contributed by atoms with E-state index < -0.39 is 0 Å². The average molecular weight is 226 g/mol. The first kappa shape index (κ1) is 10.8. The van der Waals surface area contributed by atoms with Crippen molar-refractivity contribution in [3.63, 3.8) is 0 Å². The molecule has 1 aliphatic heterocycles. The van der Waals surface area contributed by atoms with Crippen LogP contribution in [0.25, 0.3) is 0 Å². The molecule has 0 bridgehead atoms. The first-order chi connectivity index (χ1) is 7.16. The lowest BCUT2D eigenvalue weighted by molar-refractivity contribution is 0.223. The van der Waals surface area contributed by atoms with Crippen molar-refractivity contribution in [1.29, 1.82) is 0 Å². The molecular weight excluding hydrogens is 210 g/mol. The van der Waals surface area contributed by atoms with Crippen LogP contribution in [-0.4, -0.2) is 19.2 Å². The highest BCUT2D eigenvalue weighted by Crippen LogP contribution is 2.29. The molecule has 3 heteroatoms. The van der Waals surface area contributed by atoms with Gasteiger partial charge in [-0.25, -0.2) is 0 Å². The Kier molecular flexibility index (Phi) is 3.17. The number of halogens is 1. The third-order valence-electron chi connectivity index (χ3n) is 2.86. The maximum atomic E-state index is 6.13. The molecule has 2 rings (SSSR count). The Bertz CT molecular complexity index is 359. The van der Waals surface area contributed by atoms with Crippen LogP contribution in [0.1, 0.15) is 17.5 Å². The number of aryl methyl sites for hydroxylation is 2. The Morgan fingerprint density at radius 3 is 2.73 bits per heavy atom. The van der Waals surface area contributed by atoms with E-state index in [0.717, 1.165) is 25.3 Å². The Hall–Kier alpha value is -0.730. The fraction of sp³-hybridized carbons (Fsp3) is 0.500. The first-order valence-corrected chi connectivity index (χ1v) is 5.69. The van der Waals surface area contributed by atoms with Crippen molar-refractivity contribution >= 4 is 11.6 Å². The minimum Gasteiger partial charge on any atom is -0.487 e. The summed E-state index contributed by atoms with van der Waals surface area (Å²) in [5.41, 5.74) is 2.43. The minimum atomic E-state index is 0.268. The maximum Gasteiger partial charge on any atom is 0.138 e. The first-order valence-electron chi connectivity index (χ1n) is 5.31. The van der Waals surface area contributed by atoms with E-state index in [-0.39, 0.29) is 6.10 Å². The van der Waals surface area contributed by atoms with Crippen molar-refractivity contribution < 1.29 is 4.74 Å². The van der Waals surface area contributed by atoms with E-state index in [9.17, 15) is 0 Å². The second-order valence-corrected chi connectivity index (χ2v) is 4.51. The van der Waals surface area contributed by atoms with Gasteiger partial charge in [0.25, 0.3) is 0 Å². The Labute approximate surface area is 95.6 Å². The van der Waals surface area contributed by atoms with Crippen molar-refractivity contribution in [1.82, 2.24) is 5.32 Å². The molecule has 1 aliphatic rings. The van der Waals surface area contributed by atoms with Crippen molar-refractivity contribution in [3.05, 3.63) is 28.3 Å². The van der Waals surface area contributed by atoms with Gasteiger partial charge < -0.3 is 10.1 Å². The summed E-state index contributed by atoms with van der Waals surface area (Å²) in [6.45, 7) is 6.09. The van der Waals surface area contributed by atoms with Gasteiger partial charge in [0.2, 0.25) is 0 Å². The molecule has 1 saturated heterocycles. The molecule has 1 N–H and O–H groups in total. The van der Waals surface area contributed by atoms with E-state index in [1.54, 1.807) is 0 Å². The van der Waals surface area contributed by atoms with Gasteiger partial charge in [0, 0.05) is 6.54 Å². The third-order valence-corrected chi connectivity index (χ3v) is 3.15. The van der Waals surface area contributed by atoms with E-state index in [1.807, 2.05) is 12.1 Å². The lowest BCUT2D eigenvalue weighted by Crippen LogP contribution is -2.19. The van der Waals surface area contributed by atoms with Gasteiger partial charge in [0.15, 0.2) is 0 Å². The van der Waals surface area contributed by atoms with Gasteiger partial charge >= 0.3 is 0 Å². The number of nitrogens with one attached hydrogen (secondary N) is 1. The lowest BCUT2D eigenvalue weighted by Gasteiger charge is -2.15. The molecule has 0 radical (unpaired) electrons. The molecule has 82 valence electrons. The number of hydrogen-bond donors (Lipinski definition) is 1. The monoisotopic (exact) mass is 225 g/mol. The Balaban J connectivity index is 2.16. The van der Waals surface area contributed by atoms with Crippen LogP contribution in [0.5, 0.6) is 5.75 Å². The highest BCUT2D eigenvalue weighted by molar-refractivity contribution is 6.32. The number of benzene rings is 1. The molecule has 1 heterocycles. The molecule has 15 heavy (non-hydrogen) atoms. The molecule has 0 aliphatic carbocycles. The van der Waals surface area contributed by atoms with Crippen LogP contribution in [0, 0.1) is 13.8 Å². The molecule has 0 amide bonds. The van der Waals surface area contributed by atoms with Crippen LogP contribution in [0.3, 0.4) is 0 Å². The zero-order chi connectivity index (χ0) is 10.8. The Morgan fingerprint density at radius 1 is 1.33 bits per heavy atom. The van der Waals surface area contributed by atoms with E-state index in [2.05, 4.69) is 19.2 Å². The van der Waals surface area contributed by atoms with Crippen molar-refractivity contribution in [2.24, 2.45) is 0 Å². The summed E-state index contributed by atoms with van der Waals surface area (Å²) in [7, 11) is 0. The summed E-state index contributed by atoms with van der Waals surface area (Å²) >= 11 is 6.13. The van der Waals surface area contributed by atoms with Gasteiger partial charge in [0.1, 0.15) is 11.9 Å². The minimum absolute atomic E-state index is 0.268. The Morgan fingerprint density at radius 2 is 2.07 bits per heavy atom. The van der Waals surface area contributed by atoms with Crippen LogP contribution in [0.15, 0.2) is 12.1 Å². The standard InChI is InChI=1S/C12H16ClNO/c1-8-5-11(13)12(6-9(8)2)15-10-3-4-14-7-10/h5-6,10,14H,3-4,7H2,1-2H3. The lowest BCUT2D eigenvalue weighted by atomic mass is 10.1. The van der Waals surface area contributed by atoms with E-state index in [4.69, 9.17) is 16.3 Å². The molecule has 1 aromatic carbocycles. The number of ether oxygens (including phenoxy) is 1. The average Bonchev–Trinajstić information content (AvgIpc) is 2.67. The van der Waals surface area contributed by atoms with Gasteiger partial charge in [-0.1, -0.05) is 11.6 Å². The van der Waals surface area contributed by atoms with Crippen LogP contribution in [-0.2, 0) is 0 Å². The smallest absolute Gasteiger partial charge is 0.138 e. The van der Waals surface area contributed by atoms with Gasteiger partial charge in [-0.15, -0.1) is 0 Å². The quantitative estimate of drug-likeness (QED) is 0.836. The van der Waals surface area contributed by atoms with Crippen LogP contribution >= 0.6 is 11.6 Å². The fourth-order valence-corrected chi connectivity index (χ4v) is 2.02. The maximum absolute atomic E-state index is 6.13. The summed E-state index contributed by atoms with van der Waals surface area (Å²) in [6.07, 6.45) is 1.33. The molecule has 1 unspecified atom stereocenters. The summed E-state index contributed by atoms with van der Waals surface area (Å²) in [5.74, 6) is 0.813. The van der Waals surface area contributed by atoms with E-state index >= 15 is 0 Å². The van der Waals surface area contributed by atoms with Gasteiger partial charge in [-0.05, 0) is 50.1 Å². The normalized spacial score (nSPS) is 20.6. The molecular formula is C12H16ClNO.